The van der Waals surface area contributed by atoms with Gasteiger partial charge in [-0.2, -0.15) is 0 Å². The number of halogens is 1. The third-order valence-corrected chi connectivity index (χ3v) is 8.64. The fraction of sp³-hybridized carbons (Fsp3) is 0.242. The first-order valence-electron chi connectivity index (χ1n) is 13.7. The number of aromatic nitrogens is 1. The highest BCUT2D eigenvalue weighted by atomic mass is 127. The van der Waals surface area contributed by atoms with E-state index in [0.29, 0.717) is 51.7 Å². The summed E-state index contributed by atoms with van der Waals surface area (Å²) in [5.74, 6) is 0.785. The topological polar surface area (TPSA) is 79.1 Å². The van der Waals surface area contributed by atoms with Crippen LogP contribution in [0.3, 0.4) is 0 Å². The van der Waals surface area contributed by atoms with Crippen molar-refractivity contribution in [1.29, 1.82) is 0 Å². The molecule has 0 N–H and O–H groups in total. The maximum Gasteiger partial charge on any atom is 0.338 e. The molecule has 4 aromatic rings. The number of hydrogen-bond acceptors (Lipinski definition) is 7. The molecule has 7 nitrogen and oxygen atoms in total. The van der Waals surface area contributed by atoms with E-state index in [0.717, 1.165) is 20.3 Å². The van der Waals surface area contributed by atoms with Crippen molar-refractivity contribution in [3.8, 4) is 11.5 Å². The Kier molecular flexibility index (Phi) is 9.27. The Morgan fingerprint density at radius 1 is 1.07 bits per heavy atom. The van der Waals surface area contributed by atoms with Crippen molar-refractivity contribution in [3.63, 3.8) is 0 Å². The zero-order chi connectivity index (χ0) is 29.8. The standard InChI is InChI=1S/C33H31IN2O5S/c1-5-25-28(32(38)39-4)29(23-13-8-7-9-14-23)36-31(37)27(42-33(36)35-25)18-22-16-24(34)30(26(17-22)40-6-2)41-19-21-12-10-11-20(3)15-21/h7-18,29H,5-6,19H2,1-4H3/b27-18-/t29-/m1/s1. The van der Waals surface area contributed by atoms with Crippen molar-refractivity contribution in [2.75, 3.05) is 13.7 Å². The van der Waals surface area contributed by atoms with Crippen LogP contribution in [0.4, 0.5) is 0 Å². The summed E-state index contributed by atoms with van der Waals surface area (Å²) in [6.45, 7) is 6.81. The Morgan fingerprint density at radius 2 is 1.86 bits per heavy atom. The number of carbonyl (C=O) groups excluding carboxylic acids is 1. The van der Waals surface area contributed by atoms with Crippen molar-refractivity contribution >= 4 is 46.0 Å². The lowest BCUT2D eigenvalue weighted by Crippen LogP contribution is -2.40. The molecule has 0 bridgehead atoms. The molecule has 42 heavy (non-hydrogen) atoms. The van der Waals surface area contributed by atoms with Crippen molar-refractivity contribution in [3.05, 3.63) is 124 Å². The molecule has 2 heterocycles. The van der Waals surface area contributed by atoms with Gasteiger partial charge < -0.3 is 14.2 Å². The number of carbonyl (C=O) groups is 1. The van der Waals surface area contributed by atoms with Gasteiger partial charge in [-0.1, -0.05) is 78.4 Å². The van der Waals surface area contributed by atoms with E-state index in [2.05, 4.69) is 41.6 Å². The molecule has 1 aliphatic rings. The first-order chi connectivity index (χ1) is 20.3. The van der Waals surface area contributed by atoms with Gasteiger partial charge in [0.1, 0.15) is 6.61 Å². The number of fused-ring (bicyclic) bond motifs is 1. The summed E-state index contributed by atoms with van der Waals surface area (Å²) in [4.78, 5) is 32.2. The summed E-state index contributed by atoms with van der Waals surface area (Å²) in [5.41, 5.74) is 4.64. The van der Waals surface area contributed by atoms with Gasteiger partial charge in [-0.05, 0) is 77.8 Å². The van der Waals surface area contributed by atoms with Crippen molar-refractivity contribution in [2.24, 2.45) is 4.99 Å². The van der Waals surface area contributed by atoms with Crippen LogP contribution in [0.1, 0.15) is 48.6 Å². The molecule has 1 aliphatic heterocycles. The highest BCUT2D eigenvalue weighted by molar-refractivity contribution is 14.1. The zero-order valence-corrected chi connectivity index (χ0v) is 26.8. The lowest BCUT2D eigenvalue weighted by molar-refractivity contribution is -0.136. The second-order valence-electron chi connectivity index (χ2n) is 9.74. The molecule has 0 radical (unpaired) electrons. The predicted molar refractivity (Wildman–Crippen MR) is 173 cm³/mol. The van der Waals surface area contributed by atoms with E-state index in [9.17, 15) is 9.59 Å². The molecule has 1 aromatic heterocycles. The minimum Gasteiger partial charge on any atom is -0.490 e. The third kappa shape index (κ3) is 6.07. The number of esters is 1. The second kappa shape index (κ2) is 13.1. The van der Waals surface area contributed by atoms with E-state index in [-0.39, 0.29) is 5.56 Å². The first kappa shape index (κ1) is 29.8. The molecule has 0 unspecified atom stereocenters. The number of methoxy groups -OCH3 is 1. The number of ether oxygens (including phenoxy) is 3. The fourth-order valence-electron chi connectivity index (χ4n) is 5.00. The third-order valence-electron chi connectivity index (χ3n) is 6.86. The highest BCUT2D eigenvalue weighted by Gasteiger charge is 2.33. The van der Waals surface area contributed by atoms with Gasteiger partial charge in [-0.25, -0.2) is 9.79 Å². The van der Waals surface area contributed by atoms with Gasteiger partial charge in [0, 0.05) is 0 Å². The van der Waals surface area contributed by atoms with Crippen LogP contribution >= 0.6 is 33.9 Å². The summed E-state index contributed by atoms with van der Waals surface area (Å²) >= 11 is 3.54. The van der Waals surface area contributed by atoms with E-state index in [4.69, 9.17) is 19.2 Å². The minimum atomic E-state index is -0.636. The number of allylic oxidation sites excluding steroid dienone is 1. The van der Waals surface area contributed by atoms with Crippen LogP contribution < -0.4 is 24.4 Å². The molecular formula is C33H31IN2O5S. The molecule has 3 aromatic carbocycles. The number of thiazole rings is 1. The molecule has 0 spiro atoms. The fourth-order valence-corrected chi connectivity index (χ4v) is 6.80. The summed E-state index contributed by atoms with van der Waals surface area (Å²) in [7, 11) is 1.35. The molecule has 0 amide bonds. The number of aryl methyl sites for hydroxylation is 1. The van der Waals surface area contributed by atoms with E-state index in [1.165, 1.54) is 24.0 Å². The minimum absolute atomic E-state index is 0.225. The maximum absolute atomic E-state index is 14.0. The average Bonchev–Trinajstić information content (AvgIpc) is 3.30. The number of nitrogens with zero attached hydrogens (tertiary/aromatic N) is 2. The van der Waals surface area contributed by atoms with Crippen LogP contribution in [-0.4, -0.2) is 24.3 Å². The van der Waals surface area contributed by atoms with E-state index in [1.54, 1.807) is 4.57 Å². The van der Waals surface area contributed by atoms with E-state index >= 15 is 0 Å². The van der Waals surface area contributed by atoms with Gasteiger partial charge in [0.15, 0.2) is 16.3 Å². The summed E-state index contributed by atoms with van der Waals surface area (Å²) in [6.07, 6.45) is 2.37. The van der Waals surface area contributed by atoms with Crippen LogP contribution in [0.25, 0.3) is 6.08 Å². The van der Waals surface area contributed by atoms with Crippen LogP contribution in [0.5, 0.6) is 11.5 Å². The zero-order valence-electron chi connectivity index (χ0n) is 23.8. The van der Waals surface area contributed by atoms with Gasteiger partial charge in [0.25, 0.3) is 5.56 Å². The van der Waals surface area contributed by atoms with Gasteiger partial charge in [-0.3, -0.25) is 9.36 Å². The monoisotopic (exact) mass is 694 g/mol. The summed E-state index contributed by atoms with van der Waals surface area (Å²) < 4.78 is 20.3. The smallest absolute Gasteiger partial charge is 0.338 e. The molecule has 5 rings (SSSR count). The Hall–Kier alpha value is -3.70. The van der Waals surface area contributed by atoms with Gasteiger partial charge in [0.05, 0.1) is 39.1 Å². The normalized spacial score (nSPS) is 14.8. The van der Waals surface area contributed by atoms with Crippen molar-refractivity contribution < 1.29 is 19.0 Å². The lowest BCUT2D eigenvalue weighted by Gasteiger charge is -2.25. The van der Waals surface area contributed by atoms with Gasteiger partial charge in [-0.15, -0.1) is 0 Å². The Labute approximate surface area is 261 Å². The number of benzene rings is 3. The molecule has 0 saturated heterocycles. The van der Waals surface area contributed by atoms with Crippen LogP contribution in [0.2, 0.25) is 0 Å². The van der Waals surface area contributed by atoms with Crippen LogP contribution in [0, 0.1) is 10.5 Å². The molecule has 0 fully saturated rings. The molecule has 216 valence electrons. The highest BCUT2D eigenvalue weighted by Crippen LogP contribution is 2.35. The summed E-state index contributed by atoms with van der Waals surface area (Å²) in [6, 6.07) is 20.9. The molecular weight excluding hydrogens is 663 g/mol. The molecule has 1 atom stereocenters. The summed E-state index contributed by atoms with van der Waals surface area (Å²) in [5, 5.41) is 0. The van der Waals surface area contributed by atoms with Gasteiger partial charge >= 0.3 is 5.97 Å². The van der Waals surface area contributed by atoms with Crippen LogP contribution in [0.15, 0.2) is 87.8 Å². The quantitative estimate of drug-likeness (QED) is 0.166. The molecule has 0 aliphatic carbocycles. The lowest BCUT2D eigenvalue weighted by atomic mass is 9.95. The van der Waals surface area contributed by atoms with Crippen molar-refractivity contribution in [1.82, 2.24) is 4.57 Å². The Morgan fingerprint density at radius 3 is 2.55 bits per heavy atom. The molecule has 0 saturated carbocycles. The van der Waals surface area contributed by atoms with E-state index < -0.39 is 12.0 Å². The first-order valence-corrected chi connectivity index (χ1v) is 15.6. The molecule has 9 heteroatoms. The predicted octanol–water partition coefficient (Wildman–Crippen LogP) is 5.69. The maximum atomic E-state index is 14.0. The van der Waals surface area contributed by atoms with E-state index in [1.807, 2.05) is 74.5 Å². The van der Waals surface area contributed by atoms with Crippen LogP contribution in [-0.2, 0) is 16.1 Å². The van der Waals surface area contributed by atoms with Gasteiger partial charge in [0.2, 0.25) is 0 Å². The number of rotatable bonds is 9. The SMILES string of the molecule is CCOc1cc(/C=c2\sc3n(c2=O)[C@H](c2ccccc2)C(C(=O)OC)=C(CC)N=3)cc(I)c1OCc1cccc(C)c1. The number of hydrogen-bond donors (Lipinski definition) is 0. The second-order valence-corrected chi connectivity index (χ2v) is 11.9. The largest absolute Gasteiger partial charge is 0.490 e. The average molecular weight is 695 g/mol. The van der Waals surface area contributed by atoms with Crippen molar-refractivity contribution in [2.45, 2.75) is 39.8 Å². The Bertz CT molecular complexity index is 1840. The Balaban J connectivity index is 1.60.